The van der Waals surface area contributed by atoms with E-state index in [0.717, 1.165) is 25.0 Å². The first-order valence-corrected chi connectivity index (χ1v) is 6.74. The average Bonchev–Trinajstić information content (AvgIpc) is 2.96. The van der Waals surface area contributed by atoms with Crippen molar-refractivity contribution in [2.75, 3.05) is 5.43 Å². The van der Waals surface area contributed by atoms with Gasteiger partial charge in [-0.2, -0.15) is 0 Å². The number of nitrogen functional groups attached to an aromatic ring is 1. The number of aryl methyl sites for hydroxylation is 1. The van der Waals surface area contributed by atoms with Crippen molar-refractivity contribution in [2.24, 2.45) is 11.3 Å². The Bertz CT molecular complexity index is 484. The van der Waals surface area contributed by atoms with Gasteiger partial charge < -0.3 is 10.7 Å². The Labute approximate surface area is 114 Å². The number of carbonyl (C=O) groups is 1. The van der Waals surface area contributed by atoms with Crippen LogP contribution in [0.3, 0.4) is 0 Å². The zero-order valence-electron chi connectivity index (χ0n) is 11.8. The maximum absolute atomic E-state index is 12.2. The molecule has 104 valence electrons. The van der Waals surface area contributed by atoms with Gasteiger partial charge in [-0.3, -0.25) is 4.79 Å². The lowest BCUT2D eigenvalue weighted by atomic mass is 10.1. The van der Waals surface area contributed by atoms with Gasteiger partial charge >= 0.3 is 0 Å². The largest absolute Gasteiger partial charge is 0.349 e. The molecule has 1 atom stereocenters. The average molecular weight is 262 g/mol. The number of hydrogen-bond donors (Lipinski definition) is 3. The molecule has 1 amide bonds. The van der Waals surface area contributed by atoms with E-state index in [4.69, 9.17) is 5.84 Å². The lowest BCUT2D eigenvalue weighted by molar-refractivity contribution is 0.0946. The number of hydrazine groups is 1. The van der Waals surface area contributed by atoms with Gasteiger partial charge in [-0.15, -0.1) is 0 Å². The molecule has 0 radical (unpaired) electrons. The van der Waals surface area contributed by atoms with Crippen LogP contribution in [0, 0.1) is 5.41 Å². The van der Waals surface area contributed by atoms with Crippen LogP contribution in [-0.4, -0.2) is 16.9 Å². The summed E-state index contributed by atoms with van der Waals surface area (Å²) in [5, 5.41) is 3.05. The number of nitrogens with zero attached hydrogens (tertiary/aromatic N) is 1. The molecule has 1 saturated carbocycles. The summed E-state index contributed by atoms with van der Waals surface area (Å²) in [4.78, 5) is 16.5. The maximum Gasteiger partial charge on any atom is 0.251 e. The van der Waals surface area contributed by atoms with Crippen LogP contribution >= 0.6 is 0 Å². The predicted molar refractivity (Wildman–Crippen MR) is 75.7 cm³/mol. The summed E-state index contributed by atoms with van der Waals surface area (Å²) in [5.74, 6) is 5.88. The Balaban J connectivity index is 2.13. The summed E-state index contributed by atoms with van der Waals surface area (Å²) in [6, 6.07) is 3.80. The van der Waals surface area contributed by atoms with Gasteiger partial charge in [0.25, 0.3) is 5.91 Å². The quantitative estimate of drug-likeness (QED) is 0.559. The van der Waals surface area contributed by atoms with Crippen molar-refractivity contribution in [3.63, 3.8) is 0 Å². The number of pyridine rings is 1. The van der Waals surface area contributed by atoms with E-state index in [9.17, 15) is 4.79 Å². The summed E-state index contributed by atoms with van der Waals surface area (Å²) < 4.78 is 0. The molecule has 5 heteroatoms. The first-order valence-electron chi connectivity index (χ1n) is 6.74. The Hall–Kier alpha value is -1.62. The Kier molecular flexibility index (Phi) is 3.75. The van der Waals surface area contributed by atoms with Crippen LogP contribution in [0.2, 0.25) is 0 Å². The third kappa shape index (κ3) is 3.23. The number of nitrogens with one attached hydrogen (secondary N) is 2. The molecule has 5 nitrogen and oxygen atoms in total. The van der Waals surface area contributed by atoms with Gasteiger partial charge in [0, 0.05) is 17.3 Å². The van der Waals surface area contributed by atoms with E-state index in [-0.39, 0.29) is 17.4 Å². The topological polar surface area (TPSA) is 80.0 Å². The molecule has 0 aliphatic heterocycles. The third-order valence-electron chi connectivity index (χ3n) is 3.61. The first kappa shape index (κ1) is 13.8. The van der Waals surface area contributed by atoms with E-state index in [1.54, 1.807) is 6.07 Å². The van der Waals surface area contributed by atoms with Crippen molar-refractivity contribution in [3.8, 4) is 0 Å². The smallest absolute Gasteiger partial charge is 0.251 e. The van der Waals surface area contributed by atoms with Crippen molar-refractivity contribution < 1.29 is 4.79 Å². The van der Waals surface area contributed by atoms with Crippen LogP contribution in [-0.2, 0) is 6.42 Å². The minimum absolute atomic E-state index is 0.0492. The zero-order chi connectivity index (χ0) is 14.0. The normalized spacial score (nSPS) is 19.9. The number of anilines is 1. The number of nitrogens with two attached hydrogens (primary N) is 1. The molecule has 1 unspecified atom stereocenters. The molecular formula is C14H22N4O. The highest BCUT2D eigenvalue weighted by atomic mass is 16.1. The fourth-order valence-electron chi connectivity index (χ4n) is 2.13. The highest BCUT2D eigenvalue weighted by molar-refractivity contribution is 5.95. The molecular weight excluding hydrogens is 240 g/mol. The van der Waals surface area contributed by atoms with Crippen molar-refractivity contribution >= 4 is 11.7 Å². The second-order valence-corrected chi connectivity index (χ2v) is 5.85. The molecule has 0 bridgehead atoms. The number of carbonyl (C=O) groups excluding carboxylic acids is 1. The van der Waals surface area contributed by atoms with Crippen LogP contribution in [0.15, 0.2) is 12.1 Å². The van der Waals surface area contributed by atoms with Crippen molar-refractivity contribution in [2.45, 2.75) is 46.1 Å². The summed E-state index contributed by atoms with van der Waals surface area (Å²) in [7, 11) is 0. The van der Waals surface area contributed by atoms with E-state index < -0.39 is 0 Å². The molecule has 0 spiro atoms. The number of hydrogen-bond acceptors (Lipinski definition) is 4. The highest BCUT2D eigenvalue weighted by Gasteiger charge is 2.46. The van der Waals surface area contributed by atoms with Crippen LogP contribution in [0.4, 0.5) is 5.82 Å². The van der Waals surface area contributed by atoms with Crippen LogP contribution in [0.25, 0.3) is 0 Å². The Morgan fingerprint density at radius 2 is 2.21 bits per heavy atom. The fourth-order valence-corrected chi connectivity index (χ4v) is 2.13. The first-order chi connectivity index (χ1) is 8.96. The van der Waals surface area contributed by atoms with Gasteiger partial charge in [0.15, 0.2) is 0 Å². The van der Waals surface area contributed by atoms with Crippen molar-refractivity contribution in [1.82, 2.24) is 10.3 Å². The van der Waals surface area contributed by atoms with Crippen LogP contribution in [0.1, 0.15) is 49.7 Å². The molecule has 1 aromatic heterocycles. The van der Waals surface area contributed by atoms with Gasteiger partial charge in [-0.25, -0.2) is 10.8 Å². The van der Waals surface area contributed by atoms with Gasteiger partial charge in [-0.05, 0) is 30.4 Å². The summed E-state index contributed by atoms with van der Waals surface area (Å²) in [5.41, 5.74) is 4.25. The minimum atomic E-state index is -0.0492. The molecule has 0 aromatic carbocycles. The molecule has 1 aromatic rings. The molecule has 0 saturated heterocycles. The zero-order valence-corrected chi connectivity index (χ0v) is 11.8. The lowest BCUT2D eigenvalue weighted by Gasteiger charge is -2.10. The van der Waals surface area contributed by atoms with E-state index in [2.05, 4.69) is 36.5 Å². The predicted octanol–water partition coefficient (Wildman–Crippen LogP) is 1.85. The van der Waals surface area contributed by atoms with Crippen molar-refractivity contribution in [1.29, 1.82) is 0 Å². The monoisotopic (exact) mass is 262 g/mol. The minimum Gasteiger partial charge on any atom is -0.349 e. The highest BCUT2D eigenvalue weighted by Crippen LogP contribution is 2.44. The maximum atomic E-state index is 12.2. The van der Waals surface area contributed by atoms with Gasteiger partial charge in [0.05, 0.1) is 0 Å². The second-order valence-electron chi connectivity index (χ2n) is 5.85. The molecule has 19 heavy (non-hydrogen) atoms. The summed E-state index contributed by atoms with van der Waals surface area (Å²) >= 11 is 0. The van der Waals surface area contributed by atoms with Gasteiger partial charge in [-0.1, -0.05) is 27.2 Å². The van der Waals surface area contributed by atoms with E-state index in [1.165, 1.54) is 0 Å². The SMILES string of the molecule is CCCc1cc(C(=O)NC2CC2(C)C)cc(NN)n1. The standard InChI is InChI=1S/C14H22N4O/c1-4-5-10-6-9(7-12(16-10)18-15)13(19)17-11-8-14(11,2)3/h6-7,11H,4-5,8,15H2,1-3H3,(H,16,18)(H,17,19). The number of rotatable bonds is 5. The second kappa shape index (κ2) is 5.17. The number of amides is 1. The van der Waals surface area contributed by atoms with Crippen LogP contribution < -0.4 is 16.6 Å². The summed E-state index contributed by atoms with van der Waals surface area (Å²) in [6.07, 6.45) is 2.86. The molecule has 1 aliphatic rings. The molecule has 1 heterocycles. The fraction of sp³-hybridized carbons (Fsp3) is 0.571. The Morgan fingerprint density at radius 1 is 1.53 bits per heavy atom. The molecule has 4 N–H and O–H groups in total. The Morgan fingerprint density at radius 3 is 2.74 bits per heavy atom. The van der Waals surface area contributed by atoms with Crippen molar-refractivity contribution in [3.05, 3.63) is 23.4 Å². The molecule has 1 aliphatic carbocycles. The third-order valence-corrected chi connectivity index (χ3v) is 3.61. The van der Waals surface area contributed by atoms with Crippen LogP contribution in [0.5, 0.6) is 0 Å². The molecule has 1 fully saturated rings. The van der Waals surface area contributed by atoms with E-state index in [1.807, 2.05) is 6.07 Å². The van der Waals surface area contributed by atoms with Gasteiger partial charge in [0.2, 0.25) is 0 Å². The van der Waals surface area contributed by atoms with Gasteiger partial charge in [0.1, 0.15) is 5.82 Å². The van der Waals surface area contributed by atoms with E-state index in [0.29, 0.717) is 11.4 Å². The lowest BCUT2D eigenvalue weighted by Crippen LogP contribution is -2.28. The number of aromatic nitrogens is 1. The summed E-state index contributed by atoms with van der Waals surface area (Å²) in [6.45, 7) is 6.39. The molecule has 2 rings (SSSR count). The van der Waals surface area contributed by atoms with E-state index >= 15 is 0 Å².